The van der Waals surface area contributed by atoms with Gasteiger partial charge in [-0.05, 0) is 24.3 Å². The molecule has 0 aromatic heterocycles. The Kier molecular flexibility index (Phi) is 4.13. The van der Waals surface area contributed by atoms with E-state index in [0.29, 0.717) is 5.02 Å². The predicted molar refractivity (Wildman–Crippen MR) is 55.8 cm³/mol. The number of halogens is 1. The fourth-order valence-corrected chi connectivity index (χ4v) is 1.14. The molecule has 1 aromatic carbocycles. The van der Waals surface area contributed by atoms with Gasteiger partial charge in [0.2, 0.25) is 6.10 Å². The second-order valence-corrected chi connectivity index (χ2v) is 3.43. The highest BCUT2D eigenvalue weighted by Crippen LogP contribution is 2.17. The summed E-state index contributed by atoms with van der Waals surface area (Å²) in [6, 6.07) is 5.99. The van der Waals surface area contributed by atoms with E-state index in [1.165, 1.54) is 24.3 Å². The highest BCUT2D eigenvalue weighted by molar-refractivity contribution is 6.30. The zero-order valence-corrected chi connectivity index (χ0v) is 8.85. The summed E-state index contributed by atoms with van der Waals surface area (Å²) in [6.45, 7) is 0. The molecule has 0 aliphatic heterocycles. The zero-order chi connectivity index (χ0) is 12.1. The lowest BCUT2D eigenvalue weighted by Crippen LogP contribution is -2.29. The van der Waals surface area contributed by atoms with Gasteiger partial charge in [-0.2, -0.15) is 0 Å². The van der Waals surface area contributed by atoms with E-state index in [1.54, 1.807) is 0 Å². The summed E-state index contributed by atoms with van der Waals surface area (Å²) in [7, 11) is 0. The van der Waals surface area contributed by atoms with Crippen LogP contribution in [0.2, 0.25) is 5.02 Å². The molecule has 0 heterocycles. The van der Waals surface area contributed by atoms with Gasteiger partial charge in [0.15, 0.2) is 0 Å². The summed E-state index contributed by atoms with van der Waals surface area (Å²) < 4.78 is 5.00. The summed E-state index contributed by atoms with van der Waals surface area (Å²) in [4.78, 5) is 21.1. The van der Waals surface area contributed by atoms with E-state index in [4.69, 9.17) is 26.6 Å². The number of hydrogen-bond acceptors (Lipinski definition) is 3. The third-order valence-corrected chi connectivity index (χ3v) is 1.98. The quantitative estimate of drug-likeness (QED) is 0.823. The lowest BCUT2D eigenvalue weighted by atomic mass is 10.2. The minimum Gasteiger partial charge on any atom is -0.481 e. The molecule has 0 radical (unpaired) electrons. The van der Waals surface area contributed by atoms with Gasteiger partial charge in [0.1, 0.15) is 5.75 Å². The van der Waals surface area contributed by atoms with Gasteiger partial charge in [-0.15, -0.1) is 0 Å². The number of hydrogen-bond donors (Lipinski definition) is 2. The molecule has 0 aliphatic carbocycles. The fraction of sp³-hybridized carbons (Fsp3) is 0.200. The van der Waals surface area contributed by atoms with Crippen LogP contribution in [0.3, 0.4) is 0 Å². The van der Waals surface area contributed by atoms with E-state index in [9.17, 15) is 9.59 Å². The Balaban J connectivity index is 2.71. The van der Waals surface area contributed by atoms with Gasteiger partial charge in [-0.25, -0.2) is 4.79 Å². The molecule has 1 unspecified atom stereocenters. The monoisotopic (exact) mass is 244 g/mol. The number of carbonyl (C=O) groups is 2. The molecule has 6 heteroatoms. The third-order valence-electron chi connectivity index (χ3n) is 1.73. The average Bonchev–Trinajstić information content (AvgIpc) is 2.19. The van der Waals surface area contributed by atoms with Crippen LogP contribution in [0, 0.1) is 0 Å². The normalized spacial score (nSPS) is 11.8. The van der Waals surface area contributed by atoms with E-state index in [2.05, 4.69) is 0 Å². The Hall–Kier alpha value is -1.75. The summed E-state index contributed by atoms with van der Waals surface area (Å²) in [5, 5.41) is 17.7. The molecule has 0 saturated heterocycles. The molecule has 0 amide bonds. The molecule has 0 bridgehead atoms. The van der Waals surface area contributed by atoms with Crippen molar-refractivity contribution in [1.29, 1.82) is 0 Å². The first-order chi connectivity index (χ1) is 7.49. The number of carboxylic acid groups (broad SMARTS) is 2. The van der Waals surface area contributed by atoms with Crippen molar-refractivity contribution in [3.63, 3.8) is 0 Å². The lowest BCUT2D eigenvalue weighted by Gasteiger charge is -2.12. The van der Waals surface area contributed by atoms with E-state index >= 15 is 0 Å². The van der Waals surface area contributed by atoms with E-state index in [1.807, 2.05) is 0 Å². The van der Waals surface area contributed by atoms with Gasteiger partial charge < -0.3 is 14.9 Å². The van der Waals surface area contributed by atoms with Gasteiger partial charge in [0, 0.05) is 5.02 Å². The first-order valence-corrected chi connectivity index (χ1v) is 4.73. The Morgan fingerprint density at radius 3 is 2.25 bits per heavy atom. The number of rotatable bonds is 5. The van der Waals surface area contributed by atoms with Crippen molar-refractivity contribution in [3.8, 4) is 5.75 Å². The van der Waals surface area contributed by atoms with Crippen molar-refractivity contribution in [3.05, 3.63) is 29.3 Å². The van der Waals surface area contributed by atoms with E-state index in [-0.39, 0.29) is 5.75 Å². The molecule has 1 aromatic rings. The van der Waals surface area contributed by atoms with Crippen molar-refractivity contribution in [2.45, 2.75) is 12.5 Å². The van der Waals surface area contributed by atoms with E-state index in [0.717, 1.165) is 0 Å². The number of benzene rings is 1. The molecule has 1 atom stereocenters. The third kappa shape index (κ3) is 3.78. The lowest BCUT2D eigenvalue weighted by molar-refractivity contribution is -0.151. The molecule has 0 fully saturated rings. The smallest absolute Gasteiger partial charge is 0.345 e. The molecule has 0 spiro atoms. The molecule has 86 valence electrons. The Bertz CT molecular complexity index is 387. The van der Waals surface area contributed by atoms with Crippen LogP contribution in [-0.4, -0.2) is 28.3 Å². The molecular weight excluding hydrogens is 236 g/mol. The van der Waals surface area contributed by atoms with Crippen LogP contribution in [0.1, 0.15) is 6.42 Å². The van der Waals surface area contributed by atoms with Crippen molar-refractivity contribution in [1.82, 2.24) is 0 Å². The number of ether oxygens (including phenoxy) is 1. The second-order valence-electron chi connectivity index (χ2n) is 3.00. The Morgan fingerprint density at radius 1 is 1.25 bits per heavy atom. The van der Waals surface area contributed by atoms with Crippen molar-refractivity contribution in [2.24, 2.45) is 0 Å². The van der Waals surface area contributed by atoms with Crippen molar-refractivity contribution < 1.29 is 24.5 Å². The van der Waals surface area contributed by atoms with Gasteiger partial charge in [-0.1, -0.05) is 11.6 Å². The van der Waals surface area contributed by atoms with Crippen LogP contribution < -0.4 is 4.74 Å². The second kappa shape index (κ2) is 5.37. The van der Waals surface area contributed by atoms with Gasteiger partial charge in [-0.3, -0.25) is 4.79 Å². The summed E-state index contributed by atoms with van der Waals surface area (Å²) in [6.07, 6.45) is -2.00. The molecular formula is C10H9ClO5. The highest BCUT2D eigenvalue weighted by Gasteiger charge is 2.22. The zero-order valence-electron chi connectivity index (χ0n) is 8.09. The minimum absolute atomic E-state index is 0.262. The first-order valence-electron chi connectivity index (χ1n) is 4.36. The SMILES string of the molecule is O=C(O)CC(Oc1ccc(Cl)cc1)C(=O)O. The first kappa shape index (κ1) is 12.3. The summed E-state index contributed by atoms with van der Waals surface area (Å²) >= 11 is 5.63. The molecule has 5 nitrogen and oxygen atoms in total. The highest BCUT2D eigenvalue weighted by atomic mass is 35.5. The minimum atomic E-state index is -1.40. The average molecular weight is 245 g/mol. The molecule has 1 rings (SSSR count). The van der Waals surface area contributed by atoms with Crippen LogP contribution in [0.5, 0.6) is 5.75 Å². The van der Waals surface area contributed by atoms with Crippen molar-refractivity contribution in [2.75, 3.05) is 0 Å². The molecule has 16 heavy (non-hydrogen) atoms. The molecule has 2 N–H and O–H groups in total. The maximum atomic E-state index is 10.7. The summed E-state index contributed by atoms with van der Waals surface area (Å²) in [5.74, 6) is -2.29. The standard InChI is InChI=1S/C10H9ClO5/c11-6-1-3-7(4-2-6)16-8(10(14)15)5-9(12)13/h1-4,8H,5H2,(H,12,13)(H,14,15). The topological polar surface area (TPSA) is 83.8 Å². The van der Waals surface area contributed by atoms with E-state index < -0.39 is 24.5 Å². The number of aliphatic carboxylic acids is 2. The van der Waals surface area contributed by atoms with Gasteiger partial charge in [0.05, 0.1) is 6.42 Å². The van der Waals surface area contributed by atoms with Crippen LogP contribution in [0.25, 0.3) is 0 Å². The van der Waals surface area contributed by atoms with Crippen molar-refractivity contribution >= 4 is 23.5 Å². The Morgan fingerprint density at radius 2 is 1.81 bits per heavy atom. The Labute approximate surface area is 96.2 Å². The fourth-order valence-electron chi connectivity index (χ4n) is 1.02. The molecule has 0 aliphatic rings. The largest absolute Gasteiger partial charge is 0.481 e. The van der Waals surface area contributed by atoms with Crippen LogP contribution >= 0.6 is 11.6 Å². The maximum absolute atomic E-state index is 10.7. The number of carboxylic acids is 2. The van der Waals surface area contributed by atoms with Crippen LogP contribution in [0.4, 0.5) is 0 Å². The van der Waals surface area contributed by atoms with Crippen LogP contribution in [-0.2, 0) is 9.59 Å². The molecule has 0 saturated carbocycles. The van der Waals surface area contributed by atoms with Gasteiger partial charge in [0.25, 0.3) is 0 Å². The van der Waals surface area contributed by atoms with Gasteiger partial charge >= 0.3 is 11.9 Å². The predicted octanol–water partition coefficient (Wildman–Crippen LogP) is 1.65. The van der Waals surface area contributed by atoms with Crippen LogP contribution in [0.15, 0.2) is 24.3 Å². The summed E-state index contributed by atoms with van der Waals surface area (Å²) in [5.41, 5.74) is 0. The maximum Gasteiger partial charge on any atom is 0.345 e.